The Labute approximate surface area is 164 Å². The standard InChI is InChI=1S/C18H22F3N5OS/c19-18(20,21)9-13-8-14-15(23-11-24-16(14)28-13)25-4-6-26(7-5-25)17(27)12-2-1-3-22-10-12/h8,11-12,22H,1-7,9-10H2. The van der Waals surface area contributed by atoms with Gasteiger partial charge in [-0.05, 0) is 25.5 Å². The highest BCUT2D eigenvalue weighted by Gasteiger charge is 2.31. The predicted molar refractivity (Wildman–Crippen MR) is 102 cm³/mol. The Morgan fingerprint density at radius 1 is 1.25 bits per heavy atom. The van der Waals surface area contributed by atoms with E-state index in [9.17, 15) is 18.0 Å². The summed E-state index contributed by atoms with van der Waals surface area (Å²) in [5.74, 6) is 0.900. The largest absolute Gasteiger partial charge is 0.393 e. The van der Waals surface area contributed by atoms with Crippen molar-refractivity contribution in [3.05, 3.63) is 17.3 Å². The van der Waals surface area contributed by atoms with Crippen molar-refractivity contribution in [1.82, 2.24) is 20.2 Å². The van der Waals surface area contributed by atoms with Gasteiger partial charge in [-0.3, -0.25) is 4.79 Å². The van der Waals surface area contributed by atoms with Gasteiger partial charge in [0, 0.05) is 37.6 Å². The Balaban J connectivity index is 1.45. The summed E-state index contributed by atoms with van der Waals surface area (Å²) in [7, 11) is 0. The highest BCUT2D eigenvalue weighted by molar-refractivity contribution is 7.18. The molecule has 0 spiro atoms. The molecule has 2 saturated heterocycles. The van der Waals surface area contributed by atoms with Gasteiger partial charge in [0.2, 0.25) is 5.91 Å². The van der Waals surface area contributed by atoms with E-state index in [0.29, 0.717) is 42.2 Å². The summed E-state index contributed by atoms with van der Waals surface area (Å²) in [6.45, 7) is 4.13. The fourth-order valence-electron chi connectivity index (χ4n) is 3.89. The van der Waals surface area contributed by atoms with Gasteiger partial charge in [0.15, 0.2) is 0 Å². The van der Waals surface area contributed by atoms with Crippen molar-refractivity contribution in [3.63, 3.8) is 0 Å². The minimum atomic E-state index is -4.24. The zero-order valence-corrected chi connectivity index (χ0v) is 16.2. The number of thiophene rings is 1. The van der Waals surface area contributed by atoms with Crippen LogP contribution in [0.25, 0.3) is 10.2 Å². The van der Waals surface area contributed by atoms with Crippen LogP contribution in [0.3, 0.4) is 0 Å². The number of alkyl halides is 3. The number of nitrogens with zero attached hydrogens (tertiary/aromatic N) is 4. The third-order valence-corrected chi connectivity index (χ3v) is 6.31. The number of hydrogen-bond donors (Lipinski definition) is 1. The first-order chi connectivity index (χ1) is 13.4. The molecule has 152 valence electrons. The van der Waals surface area contributed by atoms with Crippen LogP contribution in [0, 0.1) is 5.92 Å². The van der Waals surface area contributed by atoms with Crippen molar-refractivity contribution in [2.24, 2.45) is 5.92 Å². The molecule has 0 bridgehead atoms. The lowest BCUT2D eigenvalue weighted by Crippen LogP contribution is -2.52. The summed E-state index contributed by atoms with van der Waals surface area (Å²) in [5.41, 5.74) is 0. The number of aromatic nitrogens is 2. The first-order valence-electron chi connectivity index (χ1n) is 9.45. The van der Waals surface area contributed by atoms with Gasteiger partial charge < -0.3 is 15.1 Å². The Morgan fingerprint density at radius 3 is 2.71 bits per heavy atom. The van der Waals surface area contributed by atoms with E-state index in [1.165, 1.54) is 6.33 Å². The van der Waals surface area contributed by atoms with E-state index in [-0.39, 0.29) is 16.7 Å². The highest BCUT2D eigenvalue weighted by atomic mass is 32.1. The number of carbonyl (C=O) groups is 1. The minimum Gasteiger partial charge on any atom is -0.352 e. The molecule has 1 unspecified atom stereocenters. The molecule has 0 saturated carbocycles. The number of nitrogens with one attached hydrogen (secondary N) is 1. The van der Waals surface area contributed by atoms with Crippen molar-refractivity contribution >= 4 is 33.3 Å². The van der Waals surface area contributed by atoms with Crippen molar-refractivity contribution in [1.29, 1.82) is 0 Å². The maximum absolute atomic E-state index is 12.7. The number of fused-ring (bicyclic) bond motifs is 1. The molecule has 4 rings (SSSR count). The van der Waals surface area contributed by atoms with Crippen molar-refractivity contribution in [2.45, 2.75) is 25.4 Å². The molecule has 2 aromatic rings. The van der Waals surface area contributed by atoms with Gasteiger partial charge in [0.05, 0.1) is 17.7 Å². The van der Waals surface area contributed by atoms with E-state index in [0.717, 1.165) is 37.3 Å². The number of carbonyl (C=O) groups excluding carboxylic acids is 1. The maximum Gasteiger partial charge on any atom is 0.393 e. The number of anilines is 1. The van der Waals surface area contributed by atoms with E-state index >= 15 is 0 Å². The van der Waals surface area contributed by atoms with Gasteiger partial charge in [-0.15, -0.1) is 11.3 Å². The van der Waals surface area contributed by atoms with Crippen LogP contribution < -0.4 is 10.2 Å². The van der Waals surface area contributed by atoms with Gasteiger partial charge in [0.25, 0.3) is 0 Å². The smallest absolute Gasteiger partial charge is 0.352 e. The number of hydrogen-bond acceptors (Lipinski definition) is 6. The van der Waals surface area contributed by atoms with Crippen LogP contribution in [0.2, 0.25) is 0 Å². The zero-order valence-electron chi connectivity index (χ0n) is 15.3. The quantitative estimate of drug-likeness (QED) is 0.838. The fraction of sp³-hybridized carbons (Fsp3) is 0.611. The van der Waals surface area contributed by atoms with Gasteiger partial charge in [-0.25, -0.2) is 9.97 Å². The first-order valence-corrected chi connectivity index (χ1v) is 10.3. The van der Waals surface area contributed by atoms with E-state index in [4.69, 9.17) is 0 Å². The Kier molecular flexibility index (Phi) is 5.42. The summed E-state index contributed by atoms with van der Waals surface area (Å²) < 4.78 is 38.1. The van der Waals surface area contributed by atoms with E-state index in [1.54, 1.807) is 6.07 Å². The molecule has 1 amide bonds. The monoisotopic (exact) mass is 413 g/mol. The topological polar surface area (TPSA) is 61.4 Å². The Bertz CT molecular complexity index is 841. The van der Waals surface area contributed by atoms with Crippen LogP contribution in [0.4, 0.5) is 19.0 Å². The van der Waals surface area contributed by atoms with Gasteiger partial charge in [0.1, 0.15) is 17.0 Å². The lowest BCUT2D eigenvalue weighted by molar-refractivity contribution is -0.136. The van der Waals surface area contributed by atoms with Crippen LogP contribution in [0.15, 0.2) is 12.4 Å². The van der Waals surface area contributed by atoms with E-state index in [2.05, 4.69) is 15.3 Å². The molecule has 1 atom stereocenters. The molecule has 2 aliphatic rings. The van der Waals surface area contributed by atoms with Crippen molar-refractivity contribution in [3.8, 4) is 0 Å². The Hall–Kier alpha value is -1.94. The normalized spacial score (nSPS) is 21.3. The number of rotatable bonds is 3. The van der Waals surface area contributed by atoms with Crippen LogP contribution in [0.1, 0.15) is 17.7 Å². The van der Waals surface area contributed by atoms with Gasteiger partial charge >= 0.3 is 6.18 Å². The minimum absolute atomic E-state index is 0.0489. The molecular weight excluding hydrogens is 391 g/mol. The molecule has 28 heavy (non-hydrogen) atoms. The average Bonchev–Trinajstić information content (AvgIpc) is 3.08. The van der Waals surface area contributed by atoms with E-state index < -0.39 is 12.6 Å². The second-order valence-corrected chi connectivity index (χ2v) is 8.39. The summed E-state index contributed by atoms with van der Waals surface area (Å²) in [4.78, 5) is 25.9. The zero-order chi connectivity index (χ0) is 19.7. The van der Waals surface area contributed by atoms with E-state index in [1.807, 2.05) is 9.80 Å². The lowest BCUT2D eigenvalue weighted by Gasteiger charge is -2.37. The number of amides is 1. The average molecular weight is 413 g/mol. The van der Waals surface area contributed by atoms with Crippen molar-refractivity contribution < 1.29 is 18.0 Å². The van der Waals surface area contributed by atoms with Crippen LogP contribution in [0.5, 0.6) is 0 Å². The van der Waals surface area contributed by atoms with Crippen LogP contribution in [-0.4, -0.2) is 66.2 Å². The van der Waals surface area contributed by atoms with Crippen LogP contribution >= 0.6 is 11.3 Å². The highest BCUT2D eigenvalue weighted by Crippen LogP contribution is 2.34. The summed E-state index contributed by atoms with van der Waals surface area (Å²) >= 11 is 1.06. The molecule has 10 heteroatoms. The number of halogens is 3. The van der Waals surface area contributed by atoms with Crippen LogP contribution in [-0.2, 0) is 11.2 Å². The molecule has 0 radical (unpaired) electrons. The predicted octanol–water partition coefficient (Wildman–Crippen LogP) is 2.44. The molecule has 2 aliphatic heterocycles. The molecule has 0 aromatic carbocycles. The second-order valence-electron chi connectivity index (χ2n) is 7.28. The first kappa shape index (κ1) is 19.4. The molecule has 1 N–H and O–H groups in total. The molecule has 6 nitrogen and oxygen atoms in total. The number of piperidine rings is 1. The van der Waals surface area contributed by atoms with Crippen molar-refractivity contribution in [2.75, 3.05) is 44.2 Å². The molecule has 2 fully saturated rings. The molecular formula is C18H22F3N5OS. The molecule has 4 heterocycles. The summed E-state index contributed by atoms with van der Waals surface area (Å²) in [6.07, 6.45) is -1.85. The Morgan fingerprint density at radius 2 is 2.04 bits per heavy atom. The fourth-order valence-corrected chi connectivity index (χ4v) is 4.91. The van der Waals surface area contributed by atoms with Gasteiger partial charge in [-0.2, -0.15) is 13.2 Å². The summed E-state index contributed by atoms with van der Waals surface area (Å²) in [6, 6.07) is 1.55. The third-order valence-electron chi connectivity index (χ3n) is 5.27. The lowest BCUT2D eigenvalue weighted by atomic mass is 9.98. The second kappa shape index (κ2) is 7.82. The SMILES string of the molecule is O=C(C1CCCNC1)N1CCN(c2ncnc3sc(CC(F)(F)F)cc23)CC1. The van der Waals surface area contributed by atoms with Gasteiger partial charge in [-0.1, -0.05) is 0 Å². The summed E-state index contributed by atoms with van der Waals surface area (Å²) in [5, 5.41) is 3.93. The maximum atomic E-state index is 12.7. The third kappa shape index (κ3) is 4.22. The number of piperazine rings is 1. The molecule has 0 aliphatic carbocycles. The molecule has 2 aromatic heterocycles.